The van der Waals surface area contributed by atoms with Crippen molar-refractivity contribution >= 4 is 17.8 Å². The fourth-order valence-electron chi connectivity index (χ4n) is 0.505. The molecule has 0 aromatic rings. The molecule has 0 fully saturated rings. The minimum absolute atomic E-state index is 0.335. The van der Waals surface area contributed by atoms with Gasteiger partial charge in [-0.1, -0.05) is 0 Å². The van der Waals surface area contributed by atoms with Gasteiger partial charge in [0.05, 0.1) is 0 Å². The van der Waals surface area contributed by atoms with Crippen LogP contribution in [0.5, 0.6) is 0 Å². The average Bonchev–Trinajstić information content (AvgIpc) is 1.98. The molecule has 0 aliphatic rings. The SMILES string of the molecule is CC(=O)NNC(C)C(=O)NC(N)=O. The highest BCUT2D eigenvalue weighted by atomic mass is 16.2. The lowest BCUT2D eigenvalue weighted by molar-refractivity contribution is -0.123. The van der Waals surface area contributed by atoms with Gasteiger partial charge in [-0.2, -0.15) is 0 Å². The first-order chi connectivity index (χ1) is 5.93. The predicted molar refractivity (Wildman–Crippen MR) is 44.1 cm³/mol. The van der Waals surface area contributed by atoms with Gasteiger partial charge < -0.3 is 5.73 Å². The van der Waals surface area contributed by atoms with Crippen molar-refractivity contribution in [2.24, 2.45) is 5.73 Å². The van der Waals surface area contributed by atoms with Gasteiger partial charge >= 0.3 is 6.03 Å². The van der Waals surface area contributed by atoms with Crippen LogP contribution in [0.15, 0.2) is 0 Å². The number of rotatable bonds is 3. The van der Waals surface area contributed by atoms with Gasteiger partial charge in [-0.3, -0.25) is 20.3 Å². The van der Waals surface area contributed by atoms with Crippen molar-refractivity contribution in [3.63, 3.8) is 0 Å². The van der Waals surface area contributed by atoms with Crippen LogP contribution in [0.1, 0.15) is 13.8 Å². The first-order valence-electron chi connectivity index (χ1n) is 3.56. The summed E-state index contributed by atoms with van der Waals surface area (Å²) in [6.45, 7) is 2.75. The summed E-state index contributed by atoms with van der Waals surface area (Å²) in [5.41, 5.74) is 9.27. The number of nitrogens with one attached hydrogen (secondary N) is 3. The third-order valence-electron chi connectivity index (χ3n) is 1.10. The van der Waals surface area contributed by atoms with Crippen molar-refractivity contribution in [2.45, 2.75) is 19.9 Å². The largest absolute Gasteiger partial charge is 0.351 e. The van der Waals surface area contributed by atoms with Crippen LogP contribution in [0.25, 0.3) is 0 Å². The summed E-state index contributed by atoms with van der Waals surface area (Å²) in [6.07, 6.45) is 0. The number of imide groups is 1. The second kappa shape index (κ2) is 5.09. The van der Waals surface area contributed by atoms with Crippen LogP contribution in [-0.2, 0) is 9.59 Å². The zero-order chi connectivity index (χ0) is 10.4. The van der Waals surface area contributed by atoms with E-state index in [0.29, 0.717) is 0 Å². The van der Waals surface area contributed by atoms with E-state index in [-0.39, 0.29) is 5.91 Å². The number of hydrazine groups is 1. The second-order valence-corrected chi connectivity index (χ2v) is 2.40. The maximum atomic E-state index is 10.9. The van der Waals surface area contributed by atoms with E-state index in [4.69, 9.17) is 5.73 Å². The van der Waals surface area contributed by atoms with Gasteiger partial charge in [0.25, 0.3) is 0 Å². The molecule has 5 N–H and O–H groups in total. The maximum Gasteiger partial charge on any atom is 0.318 e. The third-order valence-corrected chi connectivity index (χ3v) is 1.10. The first kappa shape index (κ1) is 11.4. The Morgan fingerprint density at radius 2 is 1.85 bits per heavy atom. The van der Waals surface area contributed by atoms with Gasteiger partial charge in [0.2, 0.25) is 11.8 Å². The van der Waals surface area contributed by atoms with Crippen LogP contribution in [0.2, 0.25) is 0 Å². The van der Waals surface area contributed by atoms with Gasteiger partial charge in [-0.15, -0.1) is 0 Å². The predicted octanol–water partition coefficient (Wildman–Crippen LogP) is -1.79. The van der Waals surface area contributed by atoms with Gasteiger partial charge in [-0.05, 0) is 6.92 Å². The van der Waals surface area contributed by atoms with Crippen LogP contribution in [0.3, 0.4) is 0 Å². The molecule has 4 amide bonds. The molecule has 0 spiro atoms. The number of carbonyl (C=O) groups excluding carboxylic acids is 3. The summed E-state index contributed by atoms with van der Waals surface area (Å²) in [5.74, 6) is -0.944. The lowest BCUT2D eigenvalue weighted by Gasteiger charge is -2.11. The number of nitrogens with two attached hydrogens (primary N) is 1. The Bertz CT molecular complexity index is 228. The molecule has 7 heteroatoms. The van der Waals surface area contributed by atoms with E-state index in [0.717, 1.165) is 0 Å². The Hall–Kier alpha value is -1.63. The third kappa shape index (κ3) is 5.62. The van der Waals surface area contributed by atoms with Crippen molar-refractivity contribution in [2.75, 3.05) is 0 Å². The van der Waals surface area contributed by atoms with E-state index < -0.39 is 18.0 Å². The monoisotopic (exact) mass is 188 g/mol. The smallest absolute Gasteiger partial charge is 0.318 e. The number of urea groups is 1. The van der Waals surface area contributed by atoms with Crippen LogP contribution in [0, 0.1) is 0 Å². The van der Waals surface area contributed by atoms with Gasteiger partial charge in [-0.25, -0.2) is 10.2 Å². The molecule has 0 saturated carbocycles. The first-order valence-corrected chi connectivity index (χ1v) is 3.56. The highest BCUT2D eigenvalue weighted by Crippen LogP contribution is 1.78. The zero-order valence-corrected chi connectivity index (χ0v) is 7.38. The van der Waals surface area contributed by atoms with Crippen LogP contribution < -0.4 is 21.9 Å². The molecule has 0 aliphatic heterocycles. The Morgan fingerprint density at radius 3 is 2.23 bits per heavy atom. The molecule has 0 aromatic carbocycles. The number of amides is 4. The molecular formula is C6H12N4O3. The zero-order valence-electron chi connectivity index (χ0n) is 7.38. The molecule has 1 unspecified atom stereocenters. The molecule has 13 heavy (non-hydrogen) atoms. The van der Waals surface area contributed by atoms with Gasteiger partial charge in [0.15, 0.2) is 0 Å². The highest BCUT2D eigenvalue weighted by Gasteiger charge is 2.13. The summed E-state index contributed by atoms with van der Waals surface area (Å²) in [7, 11) is 0. The molecule has 0 aromatic heterocycles. The lowest BCUT2D eigenvalue weighted by atomic mass is 10.3. The van der Waals surface area contributed by atoms with E-state index >= 15 is 0 Å². The van der Waals surface area contributed by atoms with E-state index in [1.807, 2.05) is 5.32 Å². The van der Waals surface area contributed by atoms with E-state index in [2.05, 4.69) is 10.9 Å². The van der Waals surface area contributed by atoms with E-state index in [9.17, 15) is 14.4 Å². The highest BCUT2D eigenvalue weighted by molar-refractivity contribution is 5.96. The fraction of sp³-hybridized carbons (Fsp3) is 0.500. The van der Waals surface area contributed by atoms with Crippen molar-refractivity contribution in [3.05, 3.63) is 0 Å². The number of carbonyl (C=O) groups is 3. The van der Waals surface area contributed by atoms with E-state index in [1.165, 1.54) is 13.8 Å². The minimum Gasteiger partial charge on any atom is -0.351 e. The molecule has 0 bridgehead atoms. The lowest BCUT2D eigenvalue weighted by Crippen LogP contribution is -2.51. The summed E-state index contributed by atoms with van der Waals surface area (Å²) >= 11 is 0. The van der Waals surface area contributed by atoms with Crippen LogP contribution in [0.4, 0.5) is 4.79 Å². The molecule has 0 rings (SSSR count). The molecule has 0 radical (unpaired) electrons. The second-order valence-electron chi connectivity index (χ2n) is 2.40. The quantitative estimate of drug-likeness (QED) is 0.392. The molecule has 0 heterocycles. The minimum atomic E-state index is -0.929. The summed E-state index contributed by atoms with van der Waals surface area (Å²) in [6, 6.07) is -1.65. The Morgan fingerprint density at radius 1 is 1.31 bits per heavy atom. The number of hydrogen-bond donors (Lipinski definition) is 4. The fourth-order valence-corrected chi connectivity index (χ4v) is 0.505. The summed E-state index contributed by atoms with van der Waals surface area (Å²) < 4.78 is 0. The Kier molecular flexibility index (Phi) is 4.45. The molecule has 74 valence electrons. The average molecular weight is 188 g/mol. The summed E-state index contributed by atoms with van der Waals surface area (Å²) in [5, 5.41) is 1.85. The normalized spacial score (nSPS) is 11.5. The standard InChI is InChI=1S/C6H12N4O3/c1-3(9-10-4(2)11)5(12)8-6(7)13/h3,9H,1-2H3,(H,10,11)(H3,7,8,12,13). The number of hydrogen-bond acceptors (Lipinski definition) is 4. The van der Waals surface area contributed by atoms with E-state index in [1.54, 1.807) is 0 Å². The van der Waals surface area contributed by atoms with Crippen molar-refractivity contribution < 1.29 is 14.4 Å². The maximum absolute atomic E-state index is 10.9. The molecular weight excluding hydrogens is 176 g/mol. The van der Waals surface area contributed by atoms with Gasteiger partial charge in [0, 0.05) is 6.92 Å². The van der Waals surface area contributed by atoms with Crippen molar-refractivity contribution in [1.29, 1.82) is 0 Å². The van der Waals surface area contributed by atoms with Crippen molar-refractivity contribution in [1.82, 2.24) is 16.2 Å². The molecule has 1 atom stereocenters. The Balaban J connectivity index is 3.82. The topological polar surface area (TPSA) is 113 Å². The van der Waals surface area contributed by atoms with Crippen LogP contribution >= 0.6 is 0 Å². The molecule has 7 nitrogen and oxygen atoms in total. The molecule has 0 aliphatic carbocycles. The number of primary amides is 1. The van der Waals surface area contributed by atoms with Crippen molar-refractivity contribution in [3.8, 4) is 0 Å². The van der Waals surface area contributed by atoms with Crippen LogP contribution in [-0.4, -0.2) is 23.9 Å². The molecule has 0 saturated heterocycles. The Labute approximate surface area is 75.0 Å². The summed E-state index contributed by atoms with van der Waals surface area (Å²) in [4.78, 5) is 31.6. The van der Waals surface area contributed by atoms with Gasteiger partial charge in [0.1, 0.15) is 6.04 Å².